The lowest BCUT2D eigenvalue weighted by molar-refractivity contribution is -0.306. The van der Waals surface area contributed by atoms with Gasteiger partial charge in [-0.25, -0.2) is 0 Å². The van der Waals surface area contributed by atoms with Gasteiger partial charge in [0.15, 0.2) is 11.9 Å². The van der Waals surface area contributed by atoms with Gasteiger partial charge in [-0.2, -0.15) is 0 Å². The molecule has 10 atom stereocenters. The highest BCUT2D eigenvalue weighted by molar-refractivity contribution is 6.03. The first-order valence-electron chi connectivity index (χ1n) is 12.2. The van der Waals surface area contributed by atoms with Crippen molar-refractivity contribution in [2.24, 2.45) is 34.0 Å². The van der Waals surface area contributed by atoms with Gasteiger partial charge < -0.3 is 24.4 Å². The molecule has 4 rings (SSSR count). The first-order valence-corrected chi connectivity index (χ1v) is 12.2. The number of rotatable bonds is 3. The molecule has 4 fully saturated rings. The maximum Gasteiger partial charge on any atom is 0.303 e. The van der Waals surface area contributed by atoms with Crippen LogP contribution in [0.3, 0.4) is 0 Å². The molecule has 0 aromatic carbocycles. The first-order chi connectivity index (χ1) is 16.1. The fourth-order valence-corrected chi connectivity index (χ4v) is 8.65. The Morgan fingerprint density at radius 1 is 0.914 bits per heavy atom. The summed E-state index contributed by atoms with van der Waals surface area (Å²) < 4.78 is 17.0. The molecule has 1 spiro atoms. The molecule has 0 unspecified atom stereocenters. The van der Waals surface area contributed by atoms with Crippen LogP contribution in [-0.4, -0.2) is 64.4 Å². The van der Waals surface area contributed by atoms with Gasteiger partial charge in [0.25, 0.3) is 0 Å². The lowest BCUT2D eigenvalue weighted by Crippen LogP contribution is -2.76. The van der Waals surface area contributed by atoms with E-state index in [4.69, 9.17) is 14.2 Å². The number of aliphatic hydroxyl groups excluding tert-OH is 2. The number of fused-ring (bicyclic) bond motifs is 3. The fourth-order valence-electron chi connectivity index (χ4n) is 8.65. The highest BCUT2D eigenvalue weighted by Crippen LogP contribution is 2.71. The second-order valence-corrected chi connectivity index (χ2v) is 11.8. The molecule has 9 nitrogen and oxygen atoms in total. The molecule has 0 aromatic rings. The van der Waals surface area contributed by atoms with E-state index < -0.39 is 76.5 Å². The highest BCUT2D eigenvalue weighted by Gasteiger charge is 2.77. The summed E-state index contributed by atoms with van der Waals surface area (Å²) >= 11 is 0. The molecule has 0 aliphatic heterocycles. The van der Waals surface area contributed by atoms with Crippen LogP contribution in [0, 0.1) is 34.0 Å². The number of ether oxygens (including phenoxy) is 3. The molecule has 4 aliphatic carbocycles. The molecule has 0 aromatic heterocycles. The van der Waals surface area contributed by atoms with E-state index in [1.165, 1.54) is 20.8 Å². The Morgan fingerprint density at radius 2 is 1.49 bits per heavy atom. The van der Waals surface area contributed by atoms with Crippen molar-refractivity contribution in [2.45, 2.75) is 91.3 Å². The average molecular weight is 493 g/mol. The Labute approximate surface area is 205 Å². The van der Waals surface area contributed by atoms with Gasteiger partial charge in [0.05, 0.1) is 6.10 Å². The Bertz CT molecular complexity index is 985. The third kappa shape index (κ3) is 3.49. The maximum absolute atomic E-state index is 13.7. The van der Waals surface area contributed by atoms with Crippen LogP contribution < -0.4 is 0 Å². The number of hydrogen-bond donors (Lipinski definition) is 2. The number of ketones is 1. The topological polar surface area (TPSA) is 136 Å². The molecule has 35 heavy (non-hydrogen) atoms. The zero-order valence-electron chi connectivity index (χ0n) is 21.2. The minimum atomic E-state index is -1.41. The first kappa shape index (κ1) is 25.8. The molecule has 194 valence electrons. The molecule has 4 aliphatic rings. The van der Waals surface area contributed by atoms with E-state index in [1.807, 2.05) is 0 Å². The van der Waals surface area contributed by atoms with Gasteiger partial charge in [-0.05, 0) is 30.8 Å². The van der Waals surface area contributed by atoms with Gasteiger partial charge in [-0.3, -0.25) is 19.2 Å². The standard InChI is InChI=1S/C26H36O9/c1-11-15-8-17(33-12(2)27)20-25(7)19(16(30)10-26(20,9-15)21(11)31)24(5,6)23(35-14(4)29)18(22(25)32)34-13(3)28/h15-20,22-23,30,32H,1,8-10H2,2-7H3/t15-,16+,17-,18+,19-,20+,22+,23+,25-,26+/m1/s1. The van der Waals surface area contributed by atoms with Crippen molar-refractivity contribution in [2.75, 3.05) is 0 Å². The van der Waals surface area contributed by atoms with Crippen molar-refractivity contribution in [1.82, 2.24) is 0 Å². The van der Waals surface area contributed by atoms with Crippen LogP contribution in [0.25, 0.3) is 0 Å². The average Bonchev–Trinajstić information content (AvgIpc) is 2.88. The summed E-state index contributed by atoms with van der Waals surface area (Å²) in [6.07, 6.45) is -4.50. The molecule has 0 amide bonds. The van der Waals surface area contributed by atoms with E-state index in [9.17, 15) is 29.4 Å². The van der Waals surface area contributed by atoms with Gasteiger partial charge >= 0.3 is 17.9 Å². The van der Waals surface area contributed by atoms with E-state index in [2.05, 4.69) is 6.58 Å². The van der Waals surface area contributed by atoms with Crippen molar-refractivity contribution < 1.29 is 43.6 Å². The Hall–Kier alpha value is -2.26. The Balaban J connectivity index is 1.94. The predicted molar refractivity (Wildman–Crippen MR) is 121 cm³/mol. The van der Waals surface area contributed by atoms with Crippen molar-refractivity contribution in [3.8, 4) is 0 Å². The largest absolute Gasteiger partial charge is 0.462 e. The van der Waals surface area contributed by atoms with Crippen LogP contribution in [0.15, 0.2) is 12.2 Å². The van der Waals surface area contributed by atoms with Crippen LogP contribution in [0.1, 0.15) is 60.8 Å². The second kappa shape index (κ2) is 8.13. The van der Waals surface area contributed by atoms with Crippen LogP contribution in [0.5, 0.6) is 0 Å². The number of esters is 3. The summed E-state index contributed by atoms with van der Waals surface area (Å²) in [6.45, 7) is 13.1. The highest BCUT2D eigenvalue weighted by atomic mass is 16.6. The molecule has 0 saturated heterocycles. The quantitative estimate of drug-likeness (QED) is 0.343. The SMILES string of the molecule is C=C1C(=O)[C@]23C[C@H]1C[C@@H](OC(C)=O)[C@H]2[C@@]1(C)[C@H]([C@@H](O)C3)C(C)(C)[C@@H](OC(C)=O)[C@@H](OC(C)=O)[C@@H]1O. The Morgan fingerprint density at radius 3 is 2.03 bits per heavy atom. The van der Waals surface area contributed by atoms with Gasteiger partial charge in [0, 0.05) is 48.9 Å². The third-order valence-electron chi connectivity index (χ3n) is 9.32. The Kier molecular flexibility index (Phi) is 6.00. The smallest absolute Gasteiger partial charge is 0.303 e. The molecule has 0 heterocycles. The molecule has 0 radical (unpaired) electrons. The fraction of sp³-hybridized carbons (Fsp3) is 0.769. The van der Waals surface area contributed by atoms with Crippen molar-refractivity contribution in [1.29, 1.82) is 0 Å². The van der Waals surface area contributed by atoms with Gasteiger partial charge in [-0.1, -0.05) is 27.4 Å². The lowest BCUT2D eigenvalue weighted by atomic mass is 9.38. The summed E-state index contributed by atoms with van der Waals surface area (Å²) in [5, 5.41) is 23.5. The van der Waals surface area contributed by atoms with Crippen LogP contribution in [-0.2, 0) is 33.4 Å². The molecule has 2 bridgehead atoms. The molecule has 9 heteroatoms. The summed E-state index contributed by atoms with van der Waals surface area (Å²) in [5.41, 5.74) is -2.82. The van der Waals surface area contributed by atoms with Gasteiger partial charge in [0.2, 0.25) is 0 Å². The molecule has 4 saturated carbocycles. The zero-order chi connectivity index (χ0) is 26.2. The number of Topliss-reactive ketones (excluding diaryl/α,β-unsaturated/α-hetero) is 1. The van der Waals surface area contributed by atoms with Crippen molar-refractivity contribution >= 4 is 23.7 Å². The predicted octanol–water partition coefficient (Wildman–Crippen LogP) is 1.72. The monoisotopic (exact) mass is 492 g/mol. The van der Waals surface area contributed by atoms with E-state index >= 15 is 0 Å². The summed E-state index contributed by atoms with van der Waals surface area (Å²) in [4.78, 5) is 49.9. The molecule has 2 N–H and O–H groups in total. The van der Waals surface area contributed by atoms with E-state index in [0.29, 0.717) is 18.4 Å². The number of carbonyl (C=O) groups is 4. The van der Waals surface area contributed by atoms with Crippen molar-refractivity contribution in [3.63, 3.8) is 0 Å². The van der Waals surface area contributed by atoms with Crippen molar-refractivity contribution in [3.05, 3.63) is 12.2 Å². The molecular weight excluding hydrogens is 456 g/mol. The molecular formula is C26H36O9. The maximum atomic E-state index is 13.7. The minimum absolute atomic E-state index is 0.116. The number of hydrogen-bond acceptors (Lipinski definition) is 9. The van der Waals surface area contributed by atoms with Crippen LogP contribution in [0.2, 0.25) is 0 Å². The van der Waals surface area contributed by atoms with E-state index in [-0.39, 0.29) is 18.1 Å². The third-order valence-corrected chi connectivity index (χ3v) is 9.32. The zero-order valence-corrected chi connectivity index (χ0v) is 21.2. The number of allylic oxidation sites excluding steroid dienone is 1. The number of aliphatic hydroxyl groups is 2. The summed E-state index contributed by atoms with van der Waals surface area (Å²) in [6, 6.07) is 0. The lowest BCUT2D eigenvalue weighted by Gasteiger charge is -2.68. The van der Waals surface area contributed by atoms with Gasteiger partial charge in [0.1, 0.15) is 18.3 Å². The normalized spacial score (nSPS) is 45.7. The number of carbonyl (C=O) groups excluding carboxylic acids is 4. The van der Waals surface area contributed by atoms with E-state index in [0.717, 1.165) is 0 Å². The second-order valence-electron chi connectivity index (χ2n) is 11.8. The van der Waals surface area contributed by atoms with Gasteiger partial charge in [-0.15, -0.1) is 0 Å². The minimum Gasteiger partial charge on any atom is -0.462 e. The summed E-state index contributed by atoms with van der Waals surface area (Å²) in [7, 11) is 0. The van der Waals surface area contributed by atoms with Crippen LogP contribution in [0.4, 0.5) is 0 Å². The van der Waals surface area contributed by atoms with Crippen LogP contribution >= 0.6 is 0 Å². The summed E-state index contributed by atoms with van der Waals surface area (Å²) in [5.74, 6) is -3.47. The van der Waals surface area contributed by atoms with E-state index in [1.54, 1.807) is 20.8 Å².